The Kier molecular flexibility index (Phi) is 7.09. The molecule has 1 N–H and O–H groups in total. The third-order valence-electron chi connectivity index (χ3n) is 3.15. The van der Waals surface area contributed by atoms with Gasteiger partial charge in [-0.1, -0.05) is 20.8 Å². The second kappa shape index (κ2) is 8.06. The highest BCUT2D eigenvalue weighted by molar-refractivity contribution is 4.70. The number of rotatable bonds is 6. The van der Waals surface area contributed by atoms with E-state index in [0.717, 1.165) is 38.1 Å². The molecule has 0 bridgehead atoms. The molecule has 1 fully saturated rings. The van der Waals surface area contributed by atoms with Crippen LogP contribution in [0.15, 0.2) is 0 Å². The Bertz CT molecular complexity index is 197. The van der Waals surface area contributed by atoms with Crippen molar-refractivity contribution in [3.8, 4) is 0 Å². The lowest BCUT2D eigenvalue weighted by molar-refractivity contribution is 0.0659. The molecule has 102 valence electrons. The molecular weight excluding hydrogens is 212 g/mol. The molecule has 0 aromatic rings. The first kappa shape index (κ1) is 14.9. The molecule has 0 aromatic carbocycles. The lowest BCUT2D eigenvalue weighted by Gasteiger charge is -2.25. The van der Waals surface area contributed by atoms with E-state index in [1.54, 1.807) is 0 Å². The zero-order chi connectivity index (χ0) is 12.7. The average Bonchev–Trinajstić information content (AvgIpc) is 2.42. The van der Waals surface area contributed by atoms with Crippen molar-refractivity contribution in [3.63, 3.8) is 0 Å². The summed E-state index contributed by atoms with van der Waals surface area (Å²) >= 11 is 0. The average molecular weight is 242 g/mol. The van der Waals surface area contributed by atoms with Crippen molar-refractivity contribution in [1.82, 2.24) is 10.2 Å². The highest BCUT2D eigenvalue weighted by Gasteiger charge is 2.16. The Balaban J connectivity index is 2.17. The molecule has 2 atom stereocenters. The number of hydrogen-bond donors (Lipinski definition) is 1. The van der Waals surface area contributed by atoms with Crippen molar-refractivity contribution in [2.75, 3.05) is 39.3 Å². The SMILES string of the molecule is CC(C)CNCC(C)CN1CCCOC(C)C1. The van der Waals surface area contributed by atoms with Gasteiger partial charge in [0.15, 0.2) is 0 Å². The summed E-state index contributed by atoms with van der Waals surface area (Å²) in [5.74, 6) is 1.47. The Labute approximate surface area is 107 Å². The quantitative estimate of drug-likeness (QED) is 0.771. The van der Waals surface area contributed by atoms with Crippen LogP contribution in [0.5, 0.6) is 0 Å². The molecule has 0 spiro atoms. The van der Waals surface area contributed by atoms with Crippen LogP contribution in [-0.2, 0) is 4.74 Å². The van der Waals surface area contributed by atoms with Crippen molar-refractivity contribution in [2.24, 2.45) is 11.8 Å². The van der Waals surface area contributed by atoms with E-state index >= 15 is 0 Å². The summed E-state index contributed by atoms with van der Waals surface area (Å²) in [4.78, 5) is 2.55. The fraction of sp³-hybridized carbons (Fsp3) is 1.00. The fourth-order valence-corrected chi connectivity index (χ4v) is 2.37. The molecule has 0 amide bonds. The van der Waals surface area contributed by atoms with Crippen molar-refractivity contribution in [3.05, 3.63) is 0 Å². The molecule has 3 heteroatoms. The van der Waals surface area contributed by atoms with Gasteiger partial charge < -0.3 is 15.0 Å². The van der Waals surface area contributed by atoms with Crippen LogP contribution >= 0.6 is 0 Å². The molecule has 17 heavy (non-hydrogen) atoms. The minimum atomic E-state index is 0.397. The van der Waals surface area contributed by atoms with Crippen LogP contribution < -0.4 is 5.32 Å². The molecule has 2 unspecified atom stereocenters. The molecule has 0 saturated carbocycles. The van der Waals surface area contributed by atoms with Crippen LogP contribution in [0.1, 0.15) is 34.1 Å². The fourth-order valence-electron chi connectivity index (χ4n) is 2.37. The summed E-state index contributed by atoms with van der Waals surface area (Å²) in [6.07, 6.45) is 1.57. The van der Waals surface area contributed by atoms with Gasteiger partial charge in [-0.3, -0.25) is 0 Å². The van der Waals surface area contributed by atoms with Gasteiger partial charge in [0.25, 0.3) is 0 Å². The molecule has 1 aliphatic heterocycles. The van der Waals surface area contributed by atoms with Crippen molar-refractivity contribution < 1.29 is 4.74 Å². The van der Waals surface area contributed by atoms with Crippen LogP contribution in [0.25, 0.3) is 0 Å². The van der Waals surface area contributed by atoms with Gasteiger partial charge in [0.2, 0.25) is 0 Å². The molecule has 0 aliphatic carbocycles. The molecular formula is C14H30N2O. The van der Waals surface area contributed by atoms with Crippen LogP contribution in [0, 0.1) is 11.8 Å². The van der Waals surface area contributed by atoms with Crippen LogP contribution in [0.3, 0.4) is 0 Å². The smallest absolute Gasteiger partial charge is 0.0673 e. The molecule has 3 nitrogen and oxygen atoms in total. The summed E-state index contributed by atoms with van der Waals surface area (Å²) in [7, 11) is 0. The van der Waals surface area contributed by atoms with Gasteiger partial charge in [-0.25, -0.2) is 0 Å². The first-order valence-electron chi connectivity index (χ1n) is 7.12. The highest BCUT2D eigenvalue weighted by atomic mass is 16.5. The third-order valence-corrected chi connectivity index (χ3v) is 3.15. The first-order chi connectivity index (χ1) is 8.08. The van der Waals surface area contributed by atoms with E-state index in [0.29, 0.717) is 6.10 Å². The first-order valence-corrected chi connectivity index (χ1v) is 7.12. The number of ether oxygens (including phenoxy) is 1. The van der Waals surface area contributed by atoms with Gasteiger partial charge in [0, 0.05) is 26.2 Å². The molecule has 0 radical (unpaired) electrons. The Hall–Kier alpha value is -0.120. The summed E-state index contributed by atoms with van der Waals surface area (Å²) in [5.41, 5.74) is 0. The lowest BCUT2D eigenvalue weighted by atomic mass is 10.1. The summed E-state index contributed by atoms with van der Waals surface area (Å²) < 4.78 is 5.67. The second-order valence-electron chi connectivity index (χ2n) is 5.95. The van der Waals surface area contributed by atoms with Crippen molar-refractivity contribution in [2.45, 2.75) is 40.2 Å². The lowest BCUT2D eigenvalue weighted by Crippen LogP contribution is -2.37. The van der Waals surface area contributed by atoms with Crippen molar-refractivity contribution >= 4 is 0 Å². The van der Waals surface area contributed by atoms with E-state index in [-0.39, 0.29) is 0 Å². The van der Waals surface area contributed by atoms with Crippen LogP contribution in [0.2, 0.25) is 0 Å². The predicted molar refractivity (Wildman–Crippen MR) is 73.3 cm³/mol. The third kappa shape index (κ3) is 7.02. The van der Waals surface area contributed by atoms with Gasteiger partial charge in [-0.05, 0) is 38.3 Å². The number of hydrogen-bond acceptors (Lipinski definition) is 3. The minimum absolute atomic E-state index is 0.397. The van der Waals surface area contributed by atoms with E-state index in [9.17, 15) is 0 Å². The number of nitrogens with one attached hydrogen (secondary N) is 1. The van der Waals surface area contributed by atoms with Gasteiger partial charge in [-0.15, -0.1) is 0 Å². The van der Waals surface area contributed by atoms with E-state index < -0.39 is 0 Å². The van der Waals surface area contributed by atoms with Crippen LogP contribution in [-0.4, -0.2) is 50.3 Å². The van der Waals surface area contributed by atoms with E-state index in [2.05, 4.69) is 37.9 Å². The van der Waals surface area contributed by atoms with Gasteiger partial charge in [-0.2, -0.15) is 0 Å². The summed E-state index contributed by atoms with van der Waals surface area (Å²) in [6, 6.07) is 0. The van der Waals surface area contributed by atoms with E-state index in [4.69, 9.17) is 4.74 Å². The predicted octanol–water partition coefficient (Wildman–Crippen LogP) is 1.98. The molecule has 1 heterocycles. The molecule has 1 aliphatic rings. The van der Waals surface area contributed by atoms with Gasteiger partial charge in [0.1, 0.15) is 0 Å². The monoisotopic (exact) mass is 242 g/mol. The topological polar surface area (TPSA) is 24.5 Å². The normalized spacial score (nSPS) is 24.9. The maximum absolute atomic E-state index is 5.67. The Morgan fingerprint density at radius 1 is 1.29 bits per heavy atom. The van der Waals surface area contributed by atoms with E-state index in [1.807, 2.05) is 0 Å². The Morgan fingerprint density at radius 3 is 2.76 bits per heavy atom. The largest absolute Gasteiger partial charge is 0.377 e. The van der Waals surface area contributed by atoms with Gasteiger partial charge in [0.05, 0.1) is 6.10 Å². The summed E-state index contributed by atoms with van der Waals surface area (Å²) in [6.45, 7) is 15.7. The maximum Gasteiger partial charge on any atom is 0.0673 e. The number of nitrogens with zero attached hydrogens (tertiary/aromatic N) is 1. The molecule has 0 aromatic heterocycles. The zero-order valence-electron chi connectivity index (χ0n) is 12.0. The van der Waals surface area contributed by atoms with Crippen LogP contribution in [0.4, 0.5) is 0 Å². The highest BCUT2D eigenvalue weighted by Crippen LogP contribution is 2.08. The maximum atomic E-state index is 5.67. The molecule has 1 saturated heterocycles. The van der Waals surface area contributed by atoms with Gasteiger partial charge >= 0.3 is 0 Å². The summed E-state index contributed by atoms with van der Waals surface area (Å²) in [5, 5.41) is 3.54. The minimum Gasteiger partial charge on any atom is -0.377 e. The second-order valence-corrected chi connectivity index (χ2v) is 5.95. The van der Waals surface area contributed by atoms with E-state index in [1.165, 1.54) is 19.5 Å². The van der Waals surface area contributed by atoms with Crippen molar-refractivity contribution in [1.29, 1.82) is 0 Å². The standard InChI is InChI=1S/C14H30N2O/c1-12(2)8-15-9-13(3)10-16-6-5-7-17-14(4)11-16/h12-15H,5-11H2,1-4H3. The Morgan fingerprint density at radius 2 is 2.06 bits per heavy atom. The molecule has 1 rings (SSSR count). The zero-order valence-corrected chi connectivity index (χ0v) is 12.0.